The van der Waals surface area contributed by atoms with Gasteiger partial charge in [0.05, 0.1) is 11.7 Å². The largest absolute Gasteiger partial charge is 0.469 e. The summed E-state index contributed by atoms with van der Waals surface area (Å²) < 4.78 is 11.8. The van der Waals surface area contributed by atoms with Crippen molar-refractivity contribution in [3.05, 3.63) is 35.4 Å². The van der Waals surface area contributed by atoms with Crippen LogP contribution in [0.25, 0.3) is 0 Å². The van der Waals surface area contributed by atoms with Crippen LogP contribution in [0.4, 0.5) is 0 Å². The average molecular weight is 390 g/mol. The zero-order valence-electron chi connectivity index (χ0n) is 17.2. The first kappa shape index (κ1) is 21.7. The number of hydrogen-bond donors (Lipinski definition) is 4. The minimum atomic E-state index is -1.38. The molecule has 1 unspecified atom stereocenters. The Bertz CT molecular complexity index is 617. The molecule has 156 valence electrons. The Labute approximate surface area is 168 Å². The number of benzene rings is 1. The van der Waals surface area contributed by atoms with Crippen LogP contribution in [0, 0.1) is 0 Å². The summed E-state index contributed by atoms with van der Waals surface area (Å²) in [6, 6.07) is 8.72. The Morgan fingerprint density at radius 2 is 1.86 bits per heavy atom. The second kappa shape index (κ2) is 9.24. The molecule has 0 radical (unpaired) electrons. The molecule has 7 heteroatoms. The molecule has 0 saturated heterocycles. The molecule has 28 heavy (non-hydrogen) atoms. The Kier molecular flexibility index (Phi) is 7.18. The van der Waals surface area contributed by atoms with Crippen LogP contribution < -0.4 is 11.1 Å². The summed E-state index contributed by atoms with van der Waals surface area (Å²) in [5.74, 6) is -0.362. The molecule has 3 aliphatic rings. The van der Waals surface area contributed by atoms with E-state index >= 15 is 0 Å². The van der Waals surface area contributed by atoms with Gasteiger partial charge in [0.1, 0.15) is 0 Å². The third-order valence-electron chi connectivity index (χ3n) is 7.12. The summed E-state index contributed by atoms with van der Waals surface area (Å²) in [6.45, 7) is 1.15. The Morgan fingerprint density at radius 3 is 2.39 bits per heavy atom. The predicted octanol–water partition coefficient (Wildman–Crippen LogP) is 1.51. The van der Waals surface area contributed by atoms with Crippen molar-refractivity contribution in [2.45, 2.75) is 74.6 Å². The van der Waals surface area contributed by atoms with Crippen molar-refractivity contribution in [2.75, 3.05) is 20.8 Å². The van der Waals surface area contributed by atoms with E-state index in [0.29, 0.717) is 19.5 Å². The molecule has 3 aliphatic carbocycles. The van der Waals surface area contributed by atoms with Crippen LogP contribution in [-0.4, -0.2) is 55.6 Å². The molecule has 0 aromatic heterocycles. The van der Waals surface area contributed by atoms with Gasteiger partial charge >= 0.3 is 7.12 Å². The van der Waals surface area contributed by atoms with Gasteiger partial charge in [-0.15, -0.1) is 0 Å². The van der Waals surface area contributed by atoms with Gasteiger partial charge in [-0.05, 0) is 56.2 Å². The second-order valence-electron chi connectivity index (χ2n) is 8.50. The van der Waals surface area contributed by atoms with Crippen LogP contribution in [0.5, 0.6) is 0 Å². The zero-order valence-corrected chi connectivity index (χ0v) is 17.2. The maximum atomic E-state index is 9.53. The summed E-state index contributed by atoms with van der Waals surface area (Å²) in [5.41, 5.74) is 8.07. The van der Waals surface area contributed by atoms with Gasteiger partial charge in [-0.1, -0.05) is 24.3 Å². The number of rotatable bonds is 10. The van der Waals surface area contributed by atoms with Crippen LogP contribution in [0.15, 0.2) is 24.3 Å². The Morgan fingerprint density at radius 1 is 1.18 bits per heavy atom. The summed E-state index contributed by atoms with van der Waals surface area (Å²) in [5, 5.41) is 22.3. The van der Waals surface area contributed by atoms with E-state index in [4.69, 9.17) is 15.2 Å². The van der Waals surface area contributed by atoms with Crippen molar-refractivity contribution < 1.29 is 19.5 Å². The van der Waals surface area contributed by atoms with E-state index < -0.39 is 7.12 Å². The minimum Gasteiger partial charge on any atom is -0.426 e. The van der Waals surface area contributed by atoms with Gasteiger partial charge in [-0.2, -0.15) is 0 Å². The summed E-state index contributed by atoms with van der Waals surface area (Å²) in [4.78, 5) is 0. The molecule has 3 saturated carbocycles. The quantitative estimate of drug-likeness (QED) is 0.453. The van der Waals surface area contributed by atoms with Gasteiger partial charge in [0.2, 0.25) is 0 Å². The lowest BCUT2D eigenvalue weighted by atomic mass is 9.54. The predicted molar refractivity (Wildman–Crippen MR) is 111 cm³/mol. The van der Waals surface area contributed by atoms with Gasteiger partial charge in [0.15, 0.2) is 0 Å². The molecule has 3 fully saturated rings. The maximum absolute atomic E-state index is 9.53. The van der Waals surface area contributed by atoms with Crippen molar-refractivity contribution in [2.24, 2.45) is 5.73 Å². The molecule has 0 aliphatic heterocycles. The third-order valence-corrected chi connectivity index (χ3v) is 7.12. The molecule has 2 bridgehead atoms. The molecule has 5 N–H and O–H groups in total. The number of nitrogens with two attached hydrogens (primary N) is 1. The maximum Gasteiger partial charge on any atom is 0.469 e. The lowest BCUT2D eigenvalue weighted by molar-refractivity contribution is -0.157. The lowest BCUT2D eigenvalue weighted by Gasteiger charge is -2.56. The third kappa shape index (κ3) is 4.30. The molecule has 1 aromatic rings. The highest BCUT2D eigenvalue weighted by Crippen LogP contribution is 2.55. The number of hydrogen-bond acceptors (Lipinski definition) is 6. The molecular formula is C21H35BN2O4. The topological polar surface area (TPSA) is 97.0 Å². The van der Waals surface area contributed by atoms with Crippen LogP contribution in [0.2, 0.25) is 0 Å². The van der Waals surface area contributed by atoms with Gasteiger partial charge in [-0.25, -0.2) is 0 Å². The minimum absolute atomic E-state index is 0.00401. The number of ether oxygens (including phenoxy) is 2. The highest BCUT2D eigenvalue weighted by atomic mass is 16.5. The van der Waals surface area contributed by atoms with Crippen molar-refractivity contribution >= 4 is 7.12 Å². The van der Waals surface area contributed by atoms with Crippen molar-refractivity contribution in [3.8, 4) is 0 Å². The summed E-state index contributed by atoms with van der Waals surface area (Å²) in [7, 11) is 2.27. The van der Waals surface area contributed by atoms with E-state index in [9.17, 15) is 10.0 Å². The normalized spacial score (nSPS) is 30.4. The van der Waals surface area contributed by atoms with E-state index in [1.165, 1.54) is 5.56 Å². The molecule has 0 spiro atoms. The van der Waals surface area contributed by atoms with Crippen LogP contribution in [0.3, 0.4) is 0 Å². The first-order valence-corrected chi connectivity index (χ1v) is 10.5. The standard InChI is InChI=1S/C21H35BN2O4/c1-27-18-14-20(28-2)9-11-21(18,12-10-20)17-7-5-16(6-8-17)15-24-19(22(25)26)4-3-13-23/h5-8,18-19,24-26H,3-4,9-15,23H2,1-2H3/t18?,19-,20?,21?/m0/s1. The fourth-order valence-corrected chi connectivity index (χ4v) is 5.18. The highest BCUT2D eigenvalue weighted by molar-refractivity contribution is 6.43. The Hall–Kier alpha value is -0.955. The number of methoxy groups -OCH3 is 2. The van der Waals surface area contributed by atoms with Crippen molar-refractivity contribution in [3.63, 3.8) is 0 Å². The van der Waals surface area contributed by atoms with Crippen LogP contribution in [-0.2, 0) is 21.4 Å². The number of nitrogens with one attached hydrogen (secondary N) is 1. The zero-order chi connectivity index (χ0) is 20.2. The fraction of sp³-hybridized carbons (Fsp3) is 0.714. The fourth-order valence-electron chi connectivity index (χ4n) is 5.18. The molecule has 0 heterocycles. The molecular weight excluding hydrogens is 355 g/mol. The number of fused-ring (bicyclic) bond motifs is 3. The second-order valence-corrected chi connectivity index (χ2v) is 8.50. The van der Waals surface area contributed by atoms with Gasteiger partial charge in [-0.3, -0.25) is 0 Å². The summed E-state index contributed by atoms with van der Waals surface area (Å²) >= 11 is 0. The summed E-state index contributed by atoms with van der Waals surface area (Å²) in [6.07, 6.45) is 6.91. The van der Waals surface area contributed by atoms with E-state index in [-0.39, 0.29) is 23.1 Å². The molecule has 4 rings (SSSR count). The van der Waals surface area contributed by atoms with E-state index in [1.807, 2.05) is 14.2 Å². The highest BCUT2D eigenvalue weighted by Gasteiger charge is 2.55. The monoisotopic (exact) mass is 390 g/mol. The molecule has 1 aromatic carbocycles. The molecule has 0 amide bonds. The smallest absolute Gasteiger partial charge is 0.426 e. The van der Waals surface area contributed by atoms with E-state index in [2.05, 4.69) is 29.6 Å². The van der Waals surface area contributed by atoms with Crippen molar-refractivity contribution in [1.29, 1.82) is 0 Å². The first-order valence-electron chi connectivity index (χ1n) is 10.5. The van der Waals surface area contributed by atoms with E-state index in [1.54, 1.807) is 0 Å². The van der Waals surface area contributed by atoms with Gasteiger partial charge in [0.25, 0.3) is 0 Å². The van der Waals surface area contributed by atoms with Crippen LogP contribution >= 0.6 is 0 Å². The van der Waals surface area contributed by atoms with Gasteiger partial charge < -0.3 is 30.6 Å². The SMILES string of the molecule is COC1CC2(OC)CCC1(c1ccc(CN[C@@H](CCCN)B(O)O)cc1)CC2. The first-order chi connectivity index (χ1) is 13.5. The molecule has 2 atom stereocenters. The Balaban J connectivity index is 1.67. The van der Waals surface area contributed by atoms with Crippen molar-refractivity contribution in [1.82, 2.24) is 5.32 Å². The molecule has 6 nitrogen and oxygen atoms in total. The van der Waals surface area contributed by atoms with Gasteiger partial charge in [0, 0.05) is 38.5 Å². The van der Waals surface area contributed by atoms with Crippen LogP contribution in [0.1, 0.15) is 56.1 Å². The lowest BCUT2D eigenvalue weighted by Crippen LogP contribution is -2.58. The average Bonchev–Trinajstić information content (AvgIpc) is 2.74. The van der Waals surface area contributed by atoms with E-state index in [0.717, 1.165) is 44.1 Å².